The third kappa shape index (κ3) is 3.05. The molecule has 0 amide bonds. The van der Waals surface area contributed by atoms with E-state index in [0.29, 0.717) is 11.0 Å². The predicted molar refractivity (Wildman–Crippen MR) is 71.2 cm³/mol. The zero-order valence-corrected chi connectivity index (χ0v) is 11.3. The second kappa shape index (κ2) is 5.31. The second-order valence-corrected chi connectivity index (χ2v) is 4.97. The molecule has 100 valence electrons. The van der Waals surface area contributed by atoms with Crippen LogP contribution < -0.4 is 0 Å². The van der Waals surface area contributed by atoms with Gasteiger partial charge in [0, 0.05) is 12.6 Å². The number of aryl methyl sites for hydroxylation is 2. The Bertz CT molecular complexity index is 625. The van der Waals surface area contributed by atoms with Crippen LogP contribution >= 0.6 is 11.8 Å². The van der Waals surface area contributed by atoms with Crippen LogP contribution in [0.15, 0.2) is 23.4 Å². The Kier molecular flexibility index (Phi) is 3.75. The van der Waals surface area contributed by atoms with Crippen molar-refractivity contribution in [1.82, 2.24) is 14.8 Å². The number of phenols is 1. The highest BCUT2D eigenvalue weighted by Gasteiger charge is 2.12. The molecule has 0 atom stereocenters. The van der Waals surface area contributed by atoms with E-state index in [2.05, 4.69) is 10.1 Å². The van der Waals surface area contributed by atoms with E-state index >= 15 is 0 Å². The Morgan fingerprint density at radius 1 is 1.47 bits per heavy atom. The van der Waals surface area contributed by atoms with E-state index in [4.69, 9.17) is 5.11 Å². The Morgan fingerprint density at radius 2 is 2.21 bits per heavy atom. The van der Waals surface area contributed by atoms with Crippen LogP contribution in [0, 0.1) is 6.92 Å². The van der Waals surface area contributed by atoms with Gasteiger partial charge in [-0.05, 0) is 30.7 Å². The van der Waals surface area contributed by atoms with E-state index in [0.717, 1.165) is 22.9 Å². The second-order valence-electron chi connectivity index (χ2n) is 4.03. The van der Waals surface area contributed by atoms with Crippen molar-refractivity contribution in [3.63, 3.8) is 0 Å². The fourth-order valence-electron chi connectivity index (χ4n) is 1.54. The van der Waals surface area contributed by atoms with Gasteiger partial charge in [0.1, 0.15) is 5.75 Å². The van der Waals surface area contributed by atoms with Crippen molar-refractivity contribution >= 4 is 17.7 Å². The van der Waals surface area contributed by atoms with Crippen LogP contribution in [0.2, 0.25) is 0 Å². The van der Waals surface area contributed by atoms with Crippen LogP contribution in [-0.2, 0) is 11.8 Å². The molecule has 1 aromatic heterocycles. The topological polar surface area (TPSA) is 88.2 Å². The average molecular weight is 279 g/mol. The minimum Gasteiger partial charge on any atom is -0.508 e. The number of nitrogens with zero attached hydrogens (tertiary/aromatic N) is 3. The molecule has 1 heterocycles. The highest BCUT2D eigenvalue weighted by Crippen LogP contribution is 2.25. The van der Waals surface area contributed by atoms with Crippen molar-refractivity contribution in [2.24, 2.45) is 7.05 Å². The van der Waals surface area contributed by atoms with Crippen LogP contribution in [-0.4, -0.2) is 36.7 Å². The van der Waals surface area contributed by atoms with Gasteiger partial charge in [-0.15, -0.1) is 0 Å². The largest absolute Gasteiger partial charge is 0.508 e. The van der Waals surface area contributed by atoms with E-state index in [-0.39, 0.29) is 11.5 Å². The Hall–Kier alpha value is -2.02. The summed E-state index contributed by atoms with van der Waals surface area (Å²) in [6.07, 6.45) is 0. The zero-order valence-electron chi connectivity index (χ0n) is 10.5. The molecule has 0 spiro atoms. The maximum Gasteiger partial charge on any atom is 0.313 e. The molecule has 0 unspecified atom stereocenters. The standard InChI is InChI=1S/C12H13N3O3S/c1-7-5-8(3-4-9(7)16)11-13-12(15(2)14-11)19-6-10(17)18/h3-5,16H,6H2,1-2H3,(H,17,18). The molecule has 0 aliphatic carbocycles. The van der Waals surface area contributed by atoms with E-state index in [1.165, 1.54) is 0 Å². The number of rotatable bonds is 4. The molecule has 0 aliphatic heterocycles. The van der Waals surface area contributed by atoms with Crippen molar-refractivity contribution in [2.75, 3.05) is 5.75 Å². The summed E-state index contributed by atoms with van der Waals surface area (Å²) >= 11 is 1.12. The molecule has 0 saturated carbocycles. The van der Waals surface area contributed by atoms with Gasteiger partial charge in [-0.3, -0.25) is 4.79 Å². The molecule has 6 nitrogen and oxygen atoms in total. The first-order chi connectivity index (χ1) is 8.97. The van der Waals surface area contributed by atoms with E-state index in [1.54, 1.807) is 36.9 Å². The number of carbonyl (C=O) groups is 1. The molecule has 0 fully saturated rings. The average Bonchev–Trinajstić information content (AvgIpc) is 2.71. The van der Waals surface area contributed by atoms with Crippen LogP contribution in [0.1, 0.15) is 5.56 Å². The fourth-order valence-corrected chi connectivity index (χ4v) is 2.17. The van der Waals surface area contributed by atoms with Gasteiger partial charge in [-0.2, -0.15) is 5.10 Å². The van der Waals surface area contributed by atoms with Crippen LogP contribution in [0.5, 0.6) is 5.75 Å². The third-order valence-corrected chi connectivity index (χ3v) is 3.51. The molecule has 2 N–H and O–H groups in total. The molecule has 0 radical (unpaired) electrons. The molecule has 2 rings (SSSR count). The Balaban J connectivity index is 2.28. The van der Waals surface area contributed by atoms with Gasteiger partial charge in [-0.1, -0.05) is 11.8 Å². The molecule has 7 heteroatoms. The number of aromatic hydroxyl groups is 1. The number of aromatic nitrogens is 3. The Morgan fingerprint density at radius 3 is 2.84 bits per heavy atom. The maximum absolute atomic E-state index is 10.5. The van der Waals surface area contributed by atoms with Gasteiger partial charge in [0.2, 0.25) is 0 Å². The molecule has 0 bridgehead atoms. The number of thioether (sulfide) groups is 1. The molecular formula is C12H13N3O3S. The van der Waals surface area contributed by atoms with E-state index in [9.17, 15) is 9.90 Å². The van der Waals surface area contributed by atoms with Crippen LogP contribution in [0.4, 0.5) is 0 Å². The first-order valence-corrected chi connectivity index (χ1v) is 6.51. The van der Waals surface area contributed by atoms with E-state index in [1.807, 2.05) is 0 Å². The number of carboxylic acid groups (broad SMARTS) is 1. The fraction of sp³-hybridized carbons (Fsp3) is 0.250. The quantitative estimate of drug-likeness (QED) is 0.828. The van der Waals surface area contributed by atoms with Crippen molar-refractivity contribution < 1.29 is 15.0 Å². The van der Waals surface area contributed by atoms with Crippen molar-refractivity contribution in [3.8, 4) is 17.1 Å². The first-order valence-electron chi connectivity index (χ1n) is 5.53. The summed E-state index contributed by atoms with van der Waals surface area (Å²) < 4.78 is 1.55. The summed E-state index contributed by atoms with van der Waals surface area (Å²) in [7, 11) is 1.72. The molecule has 0 aliphatic rings. The lowest BCUT2D eigenvalue weighted by Crippen LogP contribution is -2.00. The number of hydrogen-bond acceptors (Lipinski definition) is 5. The van der Waals surface area contributed by atoms with E-state index < -0.39 is 5.97 Å². The van der Waals surface area contributed by atoms with Gasteiger partial charge in [0.15, 0.2) is 11.0 Å². The summed E-state index contributed by atoms with van der Waals surface area (Å²) in [5, 5.41) is 22.9. The Labute approximate surface area is 114 Å². The van der Waals surface area contributed by atoms with Crippen molar-refractivity contribution in [1.29, 1.82) is 0 Å². The number of hydrogen-bond donors (Lipinski definition) is 2. The lowest BCUT2D eigenvalue weighted by atomic mass is 10.1. The lowest BCUT2D eigenvalue weighted by molar-refractivity contribution is -0.133. The molecular weight excluding hydrogens is 266 g/mol. The SMILES string of the molecule is Cc1cc(-c2nc(SCC(=O)O)n(C)n2)ccc1O. The van der Waals surface area contributed by atoms with Gasteiger partial charge in [0.25, 0.3) is 0 Å². The minimum absolute atomic E-state index is 0.0550. The number of benzene rings is 1. The summed E-state index contributed by atoms with van der Waals surface area (Å²) in [6.45, 7) is 1.79. The molecule has 1 aromatic carbocycles. The lowest BCUT2D eigenvalue weighted by Gasteiger charge is -2.00. The monoisotopic (exact) mass is 279 g/mol. The number of aliphatic carboxylic acids is 1. The number of phenolic OH excluding ortho intramolecular Hbond substituents is 1. The number of carboxylic acids is 1. The normalized spacial score (nSPS) is 10.6. The summed E-state index contributed by atoms with van der Waals surface area (Å²) in [5.74, 6) is -0.214. The van der Waals surface area contributed by atoms with Crippen molar-refractivity contribution in [2.45, 2.75) is 12.1 Å². The molecule has 2 aromatic rings. The molecule has 0 saturated heterocycles. The molecule has 19 heavy (non-hydrogen) atoms. The maximum atomic E-state index is 10.5. The first kappa shape index (κ1) is 13.4. The van der Waals surface area contributed by atoms with Gasteiger partial charge in [-0.25, -0.2) is 9.67 Å². The van der Waals surface area contributed by atoms with Gasteiger partial charge >= 0.3 is 5.97 Å². The van der Waals surface area contributed by atoms with Crippen LogP contribution in [0.3, 0.4) is 0 Å². The van der Waals surface area contributed by atoms with Crippen LogP contribution in [0.25, 0.3) is 11.4 Å². The van der Waals surface area contributed by atoms with Crippen molar-refractivity contribution in [3.05, 3.63) is 23.8 Å². The predicted octanol–water partition coefficient (Wildman–Crippen LogP) is 1.67. The minimum atomic E-state index is -0.893. The highest BCUT2D eigenvalue weighted by atomic mass is 32.2. The zero-order chi connectivity index (χ0) is 14.0. The highest BCUT2D eigenvalue weighted by molar-refractivity contribution is 7.99. The van der Waals surface area contributed by atoms with Gasteiger partial charge in [0.05, 0.1) is 5.75 Å². The summed E-state index contributed by atoms with van der Waals surface area (Å²) in [5.41, 5.74) is 1.53. The van der Waals surface area contributed by atoms with Gasteiger partial charge < -0.3 is 10.2 Å². The summed E-state index contributed by atoms with van der Waals surface area (Å²) in [4.78, 5) is 14.8. The summed E-state index contributed by atoms with van der Waals surface area (Å²) in [6, 6.07) is 5.10. The third-order valence-electron chi connectivity index (χ3n) is 2.50. The smallest absolute Gasteiger partial charge is 0.313 e.